The zero-order valence-corrected chi connectivity index (χ0v) is 22.6. The molecule has 1 atom stereocenters. The number of fused-ring (bicyclic) bond motifs is 1. The maximum atomic E-state index is 13.0. The van der Waals surface area contributed by atoms with Crippen LogP contribution in [0.2, 0.25) is 5.02 Å². The maximum Gasteiger partial charge on any atom is 0.255 e. The van der Waals surface area contributed by atoms with Crippen molar-refractivity contribution in [2.45, 2.75) is 46.5 Å². The molecule has 7 nitrogen and oxygen atoms in total. The van der Waals surface area contributed by atoms with Crippen molar-refractivity contribution >= 4 is 40.1 Å². The van der Waals surface area contributed by atoms with E-state index in [1.54, 1.807) is 24.4 Å². The lowest BCUT2D eigenvalue weighted by atomic mass is 9.87. The van der Waals surface area contributed by atoms with Crippen molar-refractivity contribution in [3.63, 3.8) is 0 Å². The number of aromatic nitrogens is 2. The lowest BCUT2D eigenvalue weighted by Crippen LogP contribution is -2.41. The third kappa shape index (κ3) is 5.07. The molecule has 2 amide bonds. The summed E-state index contributed by atoms with van der Waals surface area (Å²) < 4.78 is 7.29. The molecular weight excluding hydrogens is 476 g/mol. The molecule has 3 aromatic rings. The number of benzene rings is 1. The number of rotatable bonds is 6. The summed E-state index contributed by atoms with van der Waals surface area (Å²) in [7, 11) is 3.54. The van der Waals surface area contributed by atoms with Gasteiger partial charge in [0.2, 0.25) is 5.91 Å². The Morgan fingerprint density at radius 1 is 1.17 bits per heavy atom. The number of pyridine rings is 1. The Hall–Kier alpha value is -3.06. The number of carbonyl (C=O) groups is 2. The number of methoxy groups -OCH3 is 1. The first-order chi connectivity index (χ1) is 17.1. The second kappa shape index (κ2) is 10.5. The molecule has 1 N–H and O–H groups in total. The Morgan fingerprint density at radius 2 is 1.86 bits per heavy atom. The van der Waals surface area contributed by atoms with Crippen molar-refractivity contribution in [3.05, 3.63) is 52.3 Å². The van der Waals surface area contributed by atoms with Crippen LogP contribution in [0.15, 0.2) is 30.6 Å². The fraction of sp³-hybridized carbons (Fsp3) is 0.464. The molecule has 36 heavy (non-hydrogen) atoms. The Morgan fingerprint density at radius 3 is 2.50 bits per heavy atom. The first kappa shape index (κ1) is 26.0. The molecule has 0 aliphatic carbocycles. The third-order valence-corrected chi connectivity index (χ3v) is 7.75. The number of ether oxygens (including phenoxy) is 1. The summed E-state index contributed by atoms with van der Waals surface area (Å²) in [5, 5.41) is 4.51. The minimum atomic E-state index is -0.274. The lowest BCUT2D eigenvalue weighted by Gasteiger charge is -2.34. The zero-order valence-electron chi connectivity index (χ0n) is 21.9. The van der Waals surface area contributed by atoms with E-state index in [0.29, 0.717) is 33.9 Å². The van der Waals surface area contributed by atoms with Gasteiger partial charge >= 0.3 is 0 Å². The second-order valence-corrected chi connectivity index (χ2v) is 10.6. The van der Waals surface area contributed by atoms with Crippen molar-refractivity contribution in [1.82, 2.24) is 14.5 Å². The summed E-state index contributed by atoms with van der Waals surface area (Å²) in [5.74, 6) is 1.21. The number of anilines is 1. The number of nitrogens with zero attached hydrogens (tertiary/aromatic N) is 3. The Kier molecular flexibility index (Phi) is 7.59. The number of amides is 2. The highest BCUT2D eigenvalue weighted by molar-refractivity contribution is 6.31. The van der Waals surface area contributed by atoms with Crippen LogP contribution in [0.1, 0.15) is 61.0 Å². The second-order valence-electron chi connectivity index (χ2n) is 10.2. The topological polar surface area (TPSA) is 76.5 Å². The molecule has 0 unspecified atom stereocenters. The normalized spacial score (nSPS) is 15.4. The number of hydrogen-bond acceptors (Lipinski definition) is 4. The van der Waals surface area contributed by atoms with Crippen molar-refractivity contribution < 1.29 is 14.3 Å². The molecule has 0 saturated carbocycles. The number of carbonyl (C=O) groups excluding carboxylic acids is 2. The van der Waals surface area contributed by atoms with Gasteiger partial charge in [0.1, 0.15) is 11.4 Å². The number of aryl methyl sites for hydroxylation is 2. The Labute approximate surface area is 217 Å². The number of nitrogens with one attached hydrogen (secondary N) is 1. The molecular formula is C28H35ClN4O3. The SMILES string of the molecule is COc1cc(Cl)cc(C(=O)Nc2cnc3c(c(C4CCN(C(=O)[C@H](C)C(C)C)CC4)cn3C)c2C)c1. The summed E-state index contributed by atoms with van der Waals surface area (Å²) in [4.78, 5) is 32.5. The molecule has 1 aliphatic rings. The minimum Gasteiger partial charge on any atom is -0.497 e. The van der Waals surface area contributed by atoms with Gasteiger partial charge in [-0.1, -0.05) is 32.4 Å². The number of piperidine rings is 1. The highest BCUT2D eigenvalue weighted by Crippen LogP contribution is 2.37. The van der Waals surface area contributed by atoms with Gasteiger partial charge in [0, 0.05) is 48.2 Å². The van der Waals surface area contributed by atoms with Crippen molar-refractivity contribution in [1.29, 1.82) is 0 Å². The molecule has 1 aromatic carbocycles. The summed E-state index contributed by atoms with van der Waals surface area (Å²) in [5.41, 5.74) is 4.17. The standard InChI is InChI=1S/C28H35ClN4O3/c1-16(2)17(3)28(35)33-9-7-19(8-10-33)23-15-32(5)26-25(23)18(4)24(14-30-26)31-27(34)20-11-21(29)13-22(12-20)36-6/h11-17,19H,7-10H2,1-6H3,(H,31,34)/t17-/m1/s1. The van der Waals surface area contributed by atoms with E-state index in [1.165, 1.54) is 12.7 Å². The molecule has 4 rings (SSSR count). The summed E-state index contributed by atoms with van der Waals surface area (Å²) in [6.45, 7) is 9.76. The maximum absolute atomic E-state index is 13.0. The van der Waals surface area contributed by atoms with Gasteiger partial charge in [-0.15, -0.1) is 0 Å². The van der Waals surface area contributed by atoms with E-state index in [1.807, 2.05) is 30.4 Å². The molecule has 192 valence electrons. The molecule has 8 heteroatoms. The number of likely N-dealkylation sites (tertiary alicyclic amines) is 1. The predicted molar refractivity (Wildman–Crippen MR) is 144 cm³/mol. The van der Waals surface area contributed by atoms with Crippen molar-refractivity contribution in [2.24, 2.45) is 18.9 Å². The average Bonchev–Trinajstić information content (AvgIpc) is 3.21. The smallest absolute Gasteiger partial charge is 0.255 e. The number of halogens is 1. The van der Waals surface area contributed by atoms with Crippen molar-refractivity contribution in [2.75, 3.05) is 25.5 Å². The lowest BCUT2D eigenvalue weighted by molar-refractivity contribution is -0.137. The van der Waals surface area contributed by atoms with Gasteiger partial charge in [0.05, 0.1) is 19.0 Å². The van der Waals surface area contributed by atoms with Crippen molar-refractivity contribution in [3.8, 4) is 5.75 Å². The largest absolute Gasteiger partial charge is 0.497 e. The van der Waals surface area contributed by atoms with E-state index in [0.717, 1.165) is 42.5 Å². The highest BCUT2D eigenvalue weighted by atomic mass is 35.5. The highest BCUT2D eigenvalue weighted by Gasteiger charge is 2.30. The quantitative estimate of drug-likeness (QED) is 0.455. The molecule has 0 spiro atoms. The minimum absolute atomic E-state index is 0.0381. The van der Waals surface area contributed by atoms with Gasteiger partial charge in [0.15, 0.2) is 0 Å². The van der Waals surface area contributed by atoms with Crippen LogP contribution in [0.5, 0.6) is 5.75 Å². The van der Waals surface area contributed by atoms with Crippen LogP contribution in [0, 0.1) is 18.8 Å². The summed E-state index contributed by atoms with van der Waals surface area (Å²) in [6, 6.07) is 4.94. The van der Waals surface area contributed by atoms with E-state index >= 15 is 0 Å². The summed E-state index contributed by atoms with van der Waals surface area (Å²) >= 11 is 6.16. The van der Waals surface area contributed by atoms with Gasteiger partial charge in [-0.05, 0) is 60.9 Å². The first-order valence-corrected chi connectivity index (χ1v) is 12.9. The van der Waals surface area contributed by atoms with Crippen LogP contribution in [0.4, 0.5) is 5.69 Å². The fourth-order valence-electron chi connectivity index (χ4n) is 4.96. The van der Waals surface area contributed by atoms with E-state index in [4.69, 9.17) is 16.3 Å². The monoisotopic (exact) mass is 510 g/mol. The van der Waals surface area contributed by atoms with Crippen LogP contribution in [0.25, 0.3) is 11.0 Å². The molecule has 0 radical (unpaired) electrons. The molecule has 1 saturated heterocycles. The fourth-order valence-corrected chi connectivity index (χ4v) is 5.19. The van der Waals surface area contributed by atoms with Crippen LogP contribution in [-0.4, -0.2) is 46.5 Å². The summed E-state index contributed by atoms with van der Waals surface area (Å²) in [6.07, 6.45) is 5.68. The molecule has 1 aliphatic heterocycles. The van der Waals surface area contributed by atoms with E-state index in [2.05, 4.69) is 30.3 Å². The van der Waals surface area contributed by atoms with Gasteiger partial charge in [-0.2, -0.15) is 0 Å². The Bertz CT molecular complexity index is 1290. The molecule has 2 aromatic heterocycles. The first-order valence-electron chi connectivity index (χ1n) is 12.5. The van der Waals surface area contributed by atoms with Crippen LogP contribution < -0.4 is 10.1 Å². The van der Waals surface area contributed by atoms with Gasteiger partial charge in [-0.25, -0.2) is 4.98 Å². The van der Waals surface area contributed by atoms with Gasteiger partial charge in [-0.3, -0.25) is 9.59 Å². The molecule has 1 fully saturated rings. The van der Waals surface area contributed by atoms with Crippen LogP contribution >= 0.6 is 11.6 Å². The van der Waals surface area contributed by atoms with E-state index in [-0.39, 0.29) is 17.7 Å². The average molecular weight is 511 g/mol. The Balaban J connectivity index is 1.58. The number of hydrogen-bond donors (Lipinski definition) is 1. The molecule has 0 bridgehead atoms. The third-order valence-electron chi connectivity index (χ3n) is 7.53. The van der Waals surface area contributed by atoms with Crippen LogP contribution in [0.3, 0.4) is 0 Å². The van der Waals surface area contributed by atoms with Gasteiger partial charge in [0.25, 0.3) is 5.91 Å². The van der Waals surface area contributed by atoms with Crippen LogP contribution in [-0.2, 0) is 11.8 Å². The van der Waals surface area contributed by atoms with E-state index < -0.39 is 0 Å². The zero-order chi connectivity index (χ0) is 26.1. The predicted octanol–water partition coefficient (Wildman–Crippen LogP) is 5.79. The molecule has 3 heterocycles. The van der Waals surface area contributed by atoms with E-state index in [9.17, 15) is 9.59 Å². The van der Waals surface area contributed by atoms with Gasteiger partial charge < -0.3 is 19.5 Å².